The molecule has 1 rings (SSSR count). The van der Waals surface area contributed by atoms with Crippen molar-refractivity contribution in [1.82, 2.24) is 0 Å². The lowest BCUT2D eigenvalue weighted by Gasteiger charge is -2.06. The van der Waals surface area contributed by atoms with E-state index in [1.165, 1.54) is 12.1 Å². The molecular formula is C8H8BrF2N. The molecule has 4 heteroatoms. The van der Waals surface area contributed by atoms with Crippen molar-refractivity contribution in [2.45, 2.75) is 13.0 Å². The molecule has 1 aromatic rings. The molecule has 0 spiro atoms. The first kappa shape index (κ1) is 9.61. The van der Waals surface area contributed by atoms with Gasteiger partial charge in [-0.25, -0.2) is 8.78 Å². The van der Waals surface area contributed by atoms with Crippen molar-refractivity contribution in [2.75, 3.05) is 0 Å². The van der Waals surface area contributed by atoms with E-state index in [-0.39, 0.29) is 10.5 Å². The molecule has 1 atom stereocenters. The normalized spacial score (nSPS) is 13.1. The summed E-state index contributed by atoms with van der Waals surface area (Å²) in [6.07, 6.45) is 0. The Bertz CT molecular complexity index is 276. The SMILES string of the molecule is C[C@@H](N)c1cc(F)c(Br)c(F)c1. The summed E-state index contributed by atoms with van der Waals surface area (Å²) in [6.45, 7) is 1.67. The van der Waals surface area contributed by atoms with Gasteiger partial charge in [-0.3, -0.25) is 0 Å². The molecule has 2 N–H and O–H groups in total. The van der Waals surface area contributed by atoms with E-state index in [1.54, 1.807) is 6.92 Å². The van der Waals surface area contributed by atoms with Crippen LogP contribution < -0.4 is 5.73 Å². The number of rotatable bonds is 1. The number of benzene rings is 1. The van der Waals surface area contributed by atoms with Gasteiger partial charge in [-0.2, -0.15) is 0 Å². The zero-order chi connectivity index (χ0) is 9.30. The van der Waals surface area contributed by atoms with Crippen LogP contribution in [0.5, 0.6) is 0 Å². The highest BCUT2D eigenvalue weighted by molar-refractivity contribution is 9.10. The summed E-state index contributed by atoms with van der Waals surface area (Å²) in [7, 11) is 0. The quantitative estimate of drug-likeness (QED) is 0.745. The summed E-state index contributed by atoms with van der Waals surface area (Å²) in [6, 6.07) is 2.08. The van der Waals surface area contributed by atoms with E-state index in [1.807, 2.05) is 0 Å². The molecule has 1 aromatic carbocycles. The van der Waals surface area contributed by atoms with Crippen molar-refractivity contribution in [2.24, 2.45) is 5.73 Å². The van der Waals surface area contributed by atoms with E-state index < -0.39 is 11.6 Å². The van der Waals surface area contributed by atoms with Gasteiger partial charge in [0.05, 0.1) is 4.47 Å². The predicted molar refractivity (Wildman–Crippen MR) is 46.7 cm³/mol. The Balaban J connectivity index is 3.21. The molecule has 0 saturated heterocycles. The largest absolute Gasteiger partial charge is 0.324 e. The maximum Gasteiger partial charge on any atom is 0.140 e. The first-order valence-corrected chi connectivity index (χ1v) is 4.21. The maximum absolute atomic E-state index is 12.9. The Morgan fingerprint density at radius 1 is 1.33 bits per heavy atom. The van der Waals surface area contributed by atoms with Crippen LogP contribution in [0.1, 0.15) is 18.5 Å². The summed E-state index contributed by atoms with van der Waals surface area (Å²) in [4.78, 5) is 0. The van der Waals surface area contributed by atoms with Gasteiger partial charge in [0.1, 0.15) is 11.6 Å². The predicted octanol–water partition coefficient (Wildman–Crippen LogP) is 2.75. The lowest BCUT2D eigenvalue weighted by atomic mass is 10.1. The average molecular weight is 236 g/mol. The van der Waals surface area contributed by atoms with Gasteiger partial charge >= 0.3 is 0 Å². The molecular weight excluding hydrogens is 228 g/mol. The summed E-state index contributed by atoms with van der Waals surface area (Å²) >= 11 is 2.77. The minimum Gasteiger partial charge on any atom is -0.324 e. The zero-order valence-corrected chi connectivity index (χ0v) is 8.03. The molecule has 0 unspecified atom stereocenters. The van der Waals surface area contributed by atoms with Gasteiger partial charge < -0.3 is 5.73 Å². The average Bonchev–Trinajstić information content (AvgIpc) is 1.99. The van der Waals surface area contributed by atoms with Crippen LogP contribution in [0.2, 0.25) is 0 Å². The van der Waals surface area contributed by atoms with Crippen molar-refractivity contribution in [1.29, 1.82) is 0 Å². The number of hydrogen-bond acceptors (Lipinski definition) is 1. The van der Waals surface area contributed by atoms with Crippen molar-refractivity contribution in [3.8, 4) is 0 Å². The third-order valence-corrected chi connectivity index (χ3v) is 2.29. The summed E-state index contributed by atoms with van der Waals surface area (Å²) < 4.78 is 25.6. The molecule has 0 amide bonds. The van der Waals surface area contributed by atoms with Gasteiger partial charge in [0.2, 0.25) is 0 Å². The Morgan fingerprint density at radius 3 is 2.08 bits per heavy atom. The Labute approximate surface area is 77.7 Å². The Kier molecular flexibility index (Phi) is 2.80. The first-order valence-electron chi connectivity index (χ1n) is 3.42. The van der Waals surface area contributed by atoms with Gasteiger partial charge in [-0.15, -0.1) is 0 Å². The fraction of sp³-hybridized carbons (Fsp3) is 0.250. The van der Waals surface area contributed by atoms with E-state index in [2.05, 4.69) is 15.9 Å². The smallest absolute Gasteiger partial charge is 0.140 e. The third-order valence-electron chi connectivity index (χ3n) is 1.53. The molecule has 12 heavy (non-hydrogen) atoms. The minimum absolute atomic E-state index is 0.146. The van der Waals surface area contributed by atoms with Crippen molar-refractivity contribution in [3.05, 3.63) is 33.8 Å². The highest BCUT2D eigenvalue weighted by Gasteiger charge is 2.09. The number of nitrogens with two attached hydrogens (primary N) is 1. The Morgan fingerprint density at radius 2 is 1.75 bits per heavy atom. The van der Waals surface area contributed by atoms with Crippen LogP contribution in [0.4, 0.5) is 8.78 Å². The number of hydrogen-bond donors (Lipinski definition) is 1. The van der Waals surface area contributed by atoms with E-state index in [4.69, 9.17) is 5.73 Å². The highest BCUT2D eigenvalue weighted by atomic mass is 79.9. The van der Waals surface area contributed by atoms with E-state index in [0.29, 0.717) is 5.56 Å². The van der Waals surface area contributed by atoms with Crippen LogP contribution in [0, 0.1) is 11.6 Å². The molecule has 66 valence electrons. The van der Waals surface area contributed by atoms with Gasteiger partial charge in [-0.05, 0) is 40.5 Å². The lowest BCUT2D eigenvalue weighted by Crippen LogP contribution is -2.06. The second-order valence-corrected chi connectivity index (χ2v) is 3.38. The molecule has 0 aliphatic heterocycles. The van der Waals surface area contributed by atoms with Gasteiger partial charge in [0.25, 0.3) is 0 Å². The van der Waals surface area contributed by atoms with E-state index in [9.17, 15) is 8.78 Å². The standard InChI is InChI=1S/C8H8BrF2N/c1-4(12)5-2-6(10)8(9)7(11)3-5/h2-4H,12H2,1H3/t4-/m1/s1. The fourth-order valence-corrected chi connectivity index (χ4v) is 1.07. The molecule has 0 bridgehead atoms. The van der Waals surface area contributed by atoms with Crippen molar-refractivity contribution >= 4 is 15.9 Å². The van der Waals surface area contributed by atoms with Crippen molar-refractivity contribution in [3.63, 3.8) is 0 Å². The van der Waals surface area contributed by atoms with Crippen LogP contribution in [0.3, 0.4) is 0 Å². The van der Waals surface area contributed by atoms with Crippen LogP contribution in [-0.4, -0.2) is 0 Å². The van der Waals surface area contributed by atoms with Gasteiger partial charge in [0.15, 0.2) is 0 Å². The van der Waals surface area contributed by atoms with Crippen LogP contribution in [0.15, 0.2) is 16.6 Å². The Hall–Kier alpha value is -0.480. The lowest BCUT2D eigenvalue weighted by molar-refractivity contribution is 0.565. The minimum atomic E-state index is -0.623. The molecule has 0 heterocycles. The van der Waals surface area contributed by atoms with Crippen LogP contribution >= 0.6 is 15.9 Å². The van der Waals surface area contributed by atoms with E-state index in [0.717, 1.165) is 0 Å². The molecule has 0 aliphatic carbocycles. The molecule has 0 radical (unpaired) electrons. The van der Waals surface area contributed by atoms with Gasteiger partial charge in [-0.1, -0.05) is 0 Å². The summed E-state index contributed by atoms with van der Waals surface area (Å²) in [5.41, 5.74) is 5.90. The number of halogens is 3. The second kappa shape index (κ2) is 3.49. The molecule has 0 aromatic heterocycles. The third kappa shape index (κ3) is 1.81. The second-order valence-electron chi connectivity index (χ2n) is 2.59. The van der Waals surface area contributed by atoms with Gasteiger partial charge in [0, 0.05) is 6.04 Å². The maximum atomic E-state index is 12.9. The monoisotopic (exact) mass is 235 g/mol. The zero-order valence-electron chi connectivity index (χ0n) is 6.44. The highest BCUT2D eigenvalue weighted by Crippen LogP contribution is 2.23. The van der Waals surface area contributed by atoms with Crippen LogP contribution in [0.25, 0.3) is 0 Å². The summed E-state index contributed by atoms with van der Waals surface area (Å²) in [5.74, 6) is -1.25. The van der Waals surface area contributed by atoms with Crippen LogP contribution in [-0.2, 0) is 0 Å². The fourth-order valence-electron chi connectivity index (χ4n) is 0.838. The topological polar surface area (TPSA) is 26.0 Å². The molecule has 0 saturated carbocycles. The molecule has 1 nitrogen and oxygen atoms in total. The summed E-state index contributed by atoms with van der Waals surface area (Å²) in [5, 5.41) is 0. The van der Waals surface area contributed by atoms with Crippen molar-refractivity contribution < 1.29 is 8.78 Å². The van der Waals surface area contributed by atoms with E-state index >= 15 is 0 Å². The first-order chi connectivity index (χ1) is 5.52. The molecule has 0 fully saturated rings. The molecule has 0 aliphatic rings.